The van der Waals surface area contributed by atoms with Crippen LogP contribution in [0, 0.1) is 0 Å². The lowest BCUT2D eigenvalue weighted by Crippen LogP contribution is -2.56. The average Bonchev–Trinajstić information content (AvgIpc) is 3.22. The van der Waals surface area contributed by atoms with E-state index >= 15 is 0 Å². The van der Waals surface area contributed by atoms with Gasteiger partial charge in [0.05, 0.1) is 6.61 Å². The van der Waals surface area contributed by atoms with E-state index in [0.717, 1.165) is 25.8 Å². The first-order chi connectivity index (χ1) is 8.86. The molecule has 2 fully saturated rings. The summed E-state index contributed by atoms with van der Waals surface area (Å²) in [7, 11) is 0. The molecule has 1 aliphatic carbocycles. The van der Waals surface area contributed by atoms with E-state index in [9.17, 15) is 0 Å². The first-order valence-electron chi connectivity index (χ1n) is 7.93. The molecule has 18 heavy (non-hydrogen) atoms. The second-order valence-corrected chi connectivity index (χ2v) is 5.81. The van der Waals surface area contributed by atoms with Crippen LogP contribution in [-0.2, 0) is 4.74 Å². The summed E-state index contributed by atoms with van der Waals surface area (Å²) in [5.74, 6) is 0. The SMILES string of the molecule is CCCCN(C1CC1)C1COCCC1NCCC. The van der Waals surface area contributed by atoms with E-state index in [4.69, 9.17) is 4.74 Å². The summed E-state index contributed by atoms with van der Waals surface area (Å²) < 4.78 is 5.75. The van der Waals surface area contributed by atoms with Gasteiger partial charge in [0.1, 0.15) is 0 Å². The third-order valence-electron chi connectivity index (χ3n) is 4.19. The van der Waals surface area contributed by atoms with Crippen LogP contribution in [0.4, 0.5) is 0 Å². The van der Waals surface area contributed by atoms with Crippen molar-refractivity contribution < 1.29 is 4.74 Å². The lowest BCUT2D eigenvalue weighted by molar-refractivity contribution is -0.00699. The highest BCUT2D eigenvalue weighted by Crippen LogP contribution is 2.31. The molecule has 1 N–H and O–H groups in total. The largest absolute Gasteiger partial charge is 0.380 e. The Morgan fingerprint density at radius 3 is 2.67 bits per heavy atom. The Morgan fingerprint density at radius 2 is 2.00 bits per heavy atom. The highest BCUT2D eigenvalue weighted by Gasteiger charge is 2.38. The van der Waals surface area contributed by atoms with Crippen molar-refractivity contribution in [3.05, 3.63) is 0 Å². The zero-order valence-corrected chi connectivity index (χ0v) is 12.2. The van der Waals surface area contributed by atoms with Gasteiger partial charge < -0.3 is 10.1 Å². The molecule has 0 aromatic heterocycles. The second kappa shape index (κ2) is 7.46. The topological polar surface area (TPSA) is 24.5 Å². The van der Waals surface area contributed by atoms with E-state index in [1.165, 1.54) is 45.1 Å². The van der Waals surface area contributed by atoms with Crippen molar-refractivity contribution in [2.24, 2.45) is 0 Å². The summed E-state index contributed by atoms with van der Waals surface area (Å²) in [6.45, 7) is 8.81. The van der Waals surface area contributed by atoms with Gasteiger partial charge in [0, 0.05) is 24.7 Å². The fourth-order valence-corrected chi connectivity index (χ4v) is 2.98. The molecule has 0 aromatic carbocycles. The molecular weight excluding hydrogens is 224 g/mol. The van der Waals surface area contributed by atoms with Crippen LogP contribution in [0.2, 0.25) is 0 Å². The molecule has 2 unspecified atom stereocenters. The molecule has 2 atom stereocenters. The van der Waals surface area contributed by atoms with E-state index < -0.39 is 0 Å². The summed E-state index contributed by atoms with van der Waals surface area (Å²) in [5, 5.41) is 3.74. The molecule has 1 saturated heterocycles. The van der Waals surface area contributed by atoms with Gasteiger partial charge in [-0.05, 0) is 45.2 Å². The van der Waals surface area contributed by atoms with Gasteiger partial charge in [-0.3, -0.25) is 4.90 Å². The summed E-state index contributed by atoms with van der Waals surface area (Å²) in [6.07, 6.45) is 7.83. The molecule has 2 rings (SSSR count). The normalized spacial score (nSPS) is 28.8. The Hall–Kier alpha value is -0.120. The van der Waals surface area contributed by atoms with E-state index in [1.807, 2.05) is 0 Å². The number of unbranched alkanes of at least 4 members (excludes halogenated alkanes) is 1. The smallest absolute Gasteiger partial charge is 0.0637 e. The van der Waals surface area contributed by atoms with E-state index in [0.29, 0.717) is 12.1 Å². The zero-order valence-electron chi connectivity index (χ0n) is 12.2. The summed E-state index contributed by atoms with van der Waals surface area (Å²) in [6, 6.07) is 2.12. The van der Waals surface area contributed by atoms with Crippen LogP contribution in [0.5, 0.6) is 0 Å². The highest BCUT2D eigenvalue weighted by molar-refractivity contribution is 4.95. The first-order valence-corrected chi connectivity index (χ1v) is 7.93. The van der Waals surface area contributed by atoms with Crippen LogP contribution in [0.25, 0.3) is 0 Å². The maximum Gasteiger partial charge on any atom is 0.0637 e. The van der Waals surface area contributed by atoms with Crippen LogP contribution in [-0.4, -0.2) is 49.3 Å². The number of nitrogens with one attached hydrogen (secondary N) is 1. The molecule has 0 bridgehead atoms. The number of rotatable bonds is 8. The zero-order chi connectivity index (χ0) is 12.8. The molecule has 1 heterocycles. The second-order valence-electron chi connectivity index (χ2n) is 5.81. The molecule has 2 aliphatic rings. The van der Waals surface area contributed by atoms with Gasteiger partial charge in [-0.25, -0.2) is 0 Å². The molecule has 0 radical (unpaired) electrons. The van der Waals surface area contributed by atoms with Crippen molar-refractivity contribution in [2.45, 2.75) is 70.5 Å². The Kier molecular flexibility index (Phi) is 5.93. The van der Waals surface area contributed by atoms with Crippen molar-refractivity contribution in [1.29, 1.82) is 0 Å². The molecule has 0 amide bonds. The van der Waals surface area contributed by atoms with Crippen molar-refractivity contribution in [3.8, 4) is 0 Å². The van der Waals surface area contributed by atoms with Crippen LogP contribution in [0.1, 0.15) is 52.4 Å². The maximum absolute atomic E-state index is 5.75. The van der Waals surface area contributed by atoms with E-state index in [1.54, 1.807) is 0 Å². The minimum atomic E-state index is 0.615. The monoisotopic (exact) mass is 254 g/mol. The number of hydrogen-bond acceptors (Lipinski definition) is 3. The summed E-state index contributed by atoms with van der Waals surface area (Å²) >= 11 is 0. The molecule has 1 aliphatic heterocycles. The Balaban J connectivity index is 1.91. The van der Waals surface area contributed by atoms with Crippen molar-refractivity contribution in [3.63, 3.8) is 0 Å². The summed E-state index contributed by atoms with van der Waals surface area (Å²) in [4.78, 5) is 2.75. The van der Waals surface area contributed by atoms with E-state index in [2.05, 4.69) is 24.1 Å². The van der Waals surface area contributed by atoms with Crippen LogP contribution in [0.15, 0.2) is 0 Å². The standard InChI is InChI=1S/C15H30N2O/c1-3-5-10-17(13-6-7-13)15-12-18-11-8-14(15)16-9-4-2/h13-16H,3-12H2,1-2H3. The average molecular weight is 254 g/mol. The van der Waals surface area contributed by atoms with Crippen molar-refractivity contribution >= 4 is 0 Å². The van der Waals surface area contributed by atoms with Crippen LogP contribution < -0.4 is 5.32 Å². The van der Waals surface area contributed by atoms with Crippen molar-refractivity contribution in [2.75, 3.05) is 26.3 Å². The molecule has 0 spiro atoms. The minimum Gasteiger partial charge on any atom is -0.380 e. The van der Waals surface area contributed by atoms with Crippen LogP contribution in [0.3, 0.4) is 0 Å². The fraction of sp³-hybridized carbons (Fsp3) is 1.00. The predicted octanol–water partition coefficient (Wildman–Crippen LogP) is 2.41. The first kappa shape index (κ1) is 14.3. The Morgan fingerprint density at radius 1 is 1.17 bits per heavy atom. The molecule has 3 heteroatoms. The third-order valence-corrected chi connectivity index (χ3v) is 4.19. The van der Waals surface area contributed by atoms with Gasteiger partial charge in [0.2, 0.25) is 0 Å². The summed E-state index contributed by atoms with van der Waals surface area (Å²) in [5.41, 5.74) is 0. The third kappa shape index (κ3) is 3.94. The van der Waals surface area contributed by atoms with Crippen LogP contribution >= 0.6 is 0 Å². The molecule has 0 aromatic rings. The van der Waals surface area contributed by atoms with E-state index in [-0.39, 0.29) is 0 Å². The lowest BCUT2D eigenvalue weighted by atomic mass is 10.0. The quantitative estimate of drug-likeness (QED) is 0.720. The molecule has 1 saturated carbocycles. The number of nitrogens with zero attached hydrogens (tertiary/aromatic N) is 1. The van der Waals surface area contributed by atoms with Gasteiger partial charge in [-0.15, -0.1) is 0 Å². The highest BCUT2D eigenvalue weighted by atomic mass is 16.5. The lowest BCUT2D eigenvalue weighted by Gasteiger charge is -2.40. The fourth-order valence-electron chi connectivity index (χ4n) is 2.98. The number of hydrogen-bond donors (Lipinski definition) is 1. The van der Waals surface area contributed by atoms with Gasteiger partial charge >= 0.3 is 0 Å². The molecule has 3 nitrogen and oxygen atoms in total. The van der Waals surface area contributed by atoms with Gasteiger partial charge in [0.15, 0.2) is 0 Å². The molecule has 106 valence electrons. The van der Waals surface area contributed by atoms with Gasteiger partial charge in [0.25, 0.3) is 0 Å². The predicted molar refractivity (Wildman–Crippen MR) is 75.9 cm³/mol. The van der Waals surface area contributed by atoms with Gasteiger partial charge in [-0.1, -0.05) is 20.3 Å². The van der Waals surface area contributed by atoms with Crippen molar-refractivity contribution in [1.82, 2.24) is 10.2 Å². The number of ether oxygens (including phenoxy) is 1. The molecular formula is C15H30N2O. The van der Waals surface area contributed by atoms with Gasteiger partial charge in [-0.2, -0.15) is 0 Å². The Bertz CT molecular complexity index is 231. The maximum atomic E-state index is 5.75. The minimum absolute atomic E-state index is 0.615. The Labute approximate surface area is 112 Å².